The predicted molar refractivity (Wildman–Crippen MR) is 68.6 cm³/mol. The van der Waals surface area contributed by atoms with Crippen molar-refractivity contribution < 1.29 is 5.11 Å². The maximum atomic E-state index is 9.48. The molecule has 16 heavy (non-hydrogen) atoms. The number of aromatic hydroxyl groups is 1. The van der Waals surface area contributed by atoms with E-state index in [0.29, 0.717) is 11.7 Å². The fraction of sp³-hybridized carbons (Fsp3) is 0.571. The molecule has 0 heterocycles. The molecule has 90 valence electrons. The highest BCUT2D eigenvalue weighted by Crippen LogP contribution is 2.28. The highest BCUT2D eigenvalue weighted by molar-refractivity contribution is 5.42. The first-order valence-electron chi connectivity index (χ1n) is 5.97. The quantitative estimate of drug-likeness (QED) is 0.818. The van der Waals surface area contributed by atoms with Crippen LogP contribution in [0.5, 0.6) is 5.75 Å². The van der Waals surface area contributed by atoms with Gasteiger partial charge in [0.1, 0.15) is 5.75 Å². The normalized spacial score (nSPS) is 13.1. The van der Waals surface area contributed by atoms with Gasteiger partial charge < -0.3 is 10.8 Å². The largest absolute Gasteiger partial charge is 0.508 e. The van der Waals surface area contributed by atoms with Crippen molar-refractivity contribution in [1.29, 1.82) is 0 Å². The molecule has 1 rings (SSSR count). The Kier molecular flexibility index (Phi) is 4.36. The number of nitrogens with two attached hydrogens (primary N) is 1. The summed E-state index contributed by atoms with van der Waals surface area (Å²) in [7, 11) is 0. The van der Waals surface area contributed by atoms with Crippen molar-refractivity contribution in [1.82, 2.24) is 0 Å². The van der Waals surface area contributed by atoms with Crippen LogP contribution in [-0.2, 0) is 0 Å². The average Bonchev–Trinajstić information content (AvgIpc) is 2.12. The summed E-state index contributed by atoms with van der Waals surface area (Å²) in [6, 6.07) is 3.66. The summed E-state index contributed by atoms with van der Waals surface area (Å²) in [6.45, 7) is 8.45. The van der Waals surface area contributed by atoms with Crippen LogP contribution in [0.15, 0.2) is 12.1 Å². The van der Waals surface area contributed by atoms with Crippen molar-refractivity contribution in [3.63, 3.8) is 0 Å². The molecule has 0 spiro atoms. The summed E-state index contributed by atoms with van der Waals surface area (Å²) in [6.07, 6.45) is 2.14. The smallest absolute Gasteiger partial charge is 0.116 e. The molecule has 1 aromatic rings. The van der Waals surface area contributed by atoms with E-state index in [1.54, 1.807) is 12.1 Å². The van der Waals surface area contributed by atoms with E-state index in [2.05, 4.69) is 13.8 Å². The zero-order chi connectivity index (χ0) is 12.3. The van der Waals surface area contributed by atoms with Crippen molar-refractivity contribution in [3.8, 4) is 5.75 Å². The Morgan fingerprint density at radius 1 is 1.12 bits per heavy atom. The predicted octanol–water partition coefficient (Wildman–Crippen LogP) is 3.45. The Morgan fingerprint density at radius 3 is 2.06 bits per heavy atom. The van der Waals surface area contributed by atoms with Gasteiger partial charge >= 0.3 is 0 Å². The lowest BCUT2D eigenvalue weighted by molar-refractivity contribution is 0.472. The molecule has 2 nitrogen and oxygen atoms in total. The lowest BCUT2D eigenvalue weighted by atomic mass is 9.92. The molecule has 0 fully saturated rings. The fourth-order valence-electron chi connectivity index (χ4n) is 2.19. The summed E-state index contributed by atoms with van der Waals surface area (Å²) < 4.78 is 0. The van der Waals surface area contributed by atoms with Crippen molar-refractivity contribution in [3.05, 3.63) is 28.8 Å². The molecule has 2 heteroatoms. The van der Waals surface area contributed by atoms with E-state index in [9.17, 15) is 5.11 Å². The Bertz CT molecular complexity index is 335. The lowest BCUT2D eigenvalue weighted by Gasteiger charge is -2.18. The van der Waals surface area contributed by atoms with Crippen LogP contribution >= 0.6 is 0 Å². The van der Waals surface area contributed by atoms with Crippen LogP contribution in [0.1, 0.15) is 49.4 Å². The zero-order valence-corrected chi connectivity index (χ0v) is 10.7. The molecule has 0 aromatic heterocycles. The molecule has 0 saturated heterocycles. The van der Waals surface area contributed by atoms with Gasteiger partial charge in [-0.3, -0.25) is 0 Å². The molecule has 0 aliphatic rings. The van der Waals surface area contributed by atoms with E-state index >= 15 is 0 Å². The molecule has 0 bridgehead atoms. The van der Waals surface area contributed by atoms with Crippen LogP contribution in [0, 0.1) is 19.8 Å². The molecule has 0 saturated carbocycles. The standard InChI is InChI=1S/C14H23NO/c1-9(2)5-6-13(15)14-10(3)7-12(16)8-11(14)4/h7-9,13,16H,5-6,15H2,1-4H3/t13-/m0/s1. The van der Waals surface area contributed by atoms with Crippen LogP contribution in [0.2, 0.25) is 0 Å². The van der Waals surface area contributed by atoms with Gasteiger partial charge in [-0.25, -0.2) is 0 Å². The fourth-order valence-corrected chi connectivity index (χ4v) is 2.19. The van der Waals surface area contributed by atoms with Gasteiger partial charge in [0.2, 0.25) is 0 Å². The molecule has 0 unspecified atom stereocenters. The summed E-state index contributed by atoms with van der Waals surface area (Å²) in [5.41, 5.74) is 9.59. The van der Waals surface area contributed by atoms with Gasteiger partial charge in [-0.05, 0) is 61.4 Å². The highest BCUT2D eigenvalue weighted by Gasteiger charge is 2.13. The summed E-state index contributed by atoms with van der Waals surface area (Å²) >= 11 is 0. The number of phenols is 1. The Hall–Kier alpha value is -1.02. The van der Waals surface area contributed by atoms with E-state index in [1.807, 2.05) is 13.8 Å². The number of aryl methyl sites for hydroxylation is 2. The van der Waals surface area contributed by atoms with E-state index < -0.39 is 0 Å². The summed E-state index contributed by atoms with van der Waals surface area (Å²) in [5.74, 6) is 1.01. The molecular weight excluding hydrogens is 198 g/mol. The second-order valence-electron chi connectivity index (χ2n) is 5.07. The Morgan fingerprint density at radius 2 is 1.62 bits per heavy atom. The van der Waals surface area contributed by atoms with E-state index in [0.717, 1.165) is 24.0 Å². The van der Waals surface area contributed by atoms with Gasteiger partial charge in [0, 0.05) is 6.04 Å². The first kappa shape index (κ1) is 13.0. The number of phenolic OH excluding ortho intramolecular Hbond substituents is 1. The molecule has 1 aromatic carbocycles. The topological polar surface area (TPSA) is 46.2 Å². The van der Waals surface area contributed by atoms with E-state index in [1.165, 1.54) is 5.56 Å². The Balaban J connectivity index is 2.86. The van der Waals surface area contributed by atoms with Gasteiger partial charge in [-0.2, -0.15) is 0 Å². The maximum Gasteiger partial charge on any atom is 0.116 e. The zero-order valence-electron chi connectivity index (χ0n) is 10.7. The highest BCUT2D eigenvalue weighted by atomic mass is 16.3. The van der Waals surface area contributed by atoms with E-state index in [-0.39, 0.29) is 6.04 Å². The van der Waals surface area contributed by atoms with Crippen molar-refractivity contribution >= 4 is 0 Å². The summed E-state index contributed by atoms with van der Waals surface area (Å²) in [4.78, 5) is 0. The van der Waals surface area contributed by atoms with E-state index in [4.69, 9.17) is 5.73 Å². The van der Waals surface area contributed by atoms with Crippen LogP contribution < -0.4 is 5.73 Å². The molecule has 0 aliphatic heterocycles. The average molecular weight is 221 g/mol. The first-order valence-corrected chi connectivity index (χ1v) is 5.97. The van der Waals surface area contributed by atoms with Crippen molar-refractivity contribution in [2.24, 2.45) is 11.7 Å². The second kappa shape index (κ2) is 5.35. The van der Waals surface area contributed by atoms with Crippen LogP contribution in [0.4, 0.5) is 0 Å². The van der Waals surface area contributed by atoms with Gasteiger partial charge in [0.05, 0.1) is 0 Å². The number of hydrogen-bond acceptors (Lipinski definition) is 2. The molecule has 0 aliphatic carbocycles. The number of benzene rings is 1. The van der Waals surface area contributed by atoms with Crippen LogP contribution in [-0.4, -0.2) is 5.11 Å². The van der Waals surface area contributed by atoms with Gasteiger partial charge in [-0.15, -0.1) is 0 Å². The minimum Gasteiger partial charge on any atom is -0.508 e. The Labute approximate surface area is 98.5 Å². The monoisotopic (exact) mass is 221 g/mol. The lowest BCUT2D eigenvalue weighted by Crippen LogP contribution is -2.14. The van der Waals surface area contributed by atoms with Crippen LogP contribution in [0.25, 0.3) is 0 Å². The molecule has 0 radical (unpaired) electrons. The minimum absolute atomic E-state index is 0.0861. The van der Waals surface area contributed by atoms with Crippen molar-refractivity contribution in [2.45, 2.75) is 46.6 Å². The molecule has 0 amide bonds. The third-order valence-corrected chi connectivity index (χ3v) is 3.00. The van der Waals surface area contributed by atoms with Gasteiger partial charge in [0.15, 0.2) is 0 Å². The number of hydrogen-bond donors (Lipinski definition) is 2. The third-order valence-electron chi connectivity index (χ3n) is 3.00. The molecular formula is C14H23NO. The van der Waals surface area contributed by atoms with Gasteiger partial charge in [-0.1, -0.05) is 13.8 Å². The number of rotatable bonds is 4. The summed E-state index contributed by atoms with van der Waals surface area (Å²) in [5, 5.41) is 9.48. The molecule has 1 atom stereocenters. The minimum atomic E-state index is 0.0861. The van der Waals surface area contributed by atoms with Crippen molar-refractivity contribution in [2.75, 3.05) is 0 Å². The van der Waals surface area contributed by atoms with Crippen LogP contribution in [0.3, 0.4) is 0 Å². The van der Waals surface area contributed by atoms with Gasteiger partial charge in [0.25, 0.3) is 0 Å². The SMILES string of the molecule is Cc1cc(O)cc(C)c1[C@@H](N)CCC(C)C. The first-order chi connectivity index (χ1) is 7.41. The molecule has 3 N–H and O–H groups in total. The second-order valence-corrected chi connectivity index (χ2v) is 5.07. The third kappa shape index (κ3) is 3.24. The maximum absolute atomic E-state index is 9.48.